The van der Waals surface area contributed by atoms with Crippen LogP contribution in [0.2, 0.25) is 0 Å². The largest absolute Gasteiger partial charge is 0.416 e. The first-order valence-corrected chi connectivity index (χ1v) is 5.87. The number of hydrogen-bond acceptors (Lipinski definition) is 4. The van der Waals surface area contributed by atoms with Crippen LogP contribution in [0.4, 0.5) is 24.7 Å². The van der Waals surface area contributed by atoms with Gasteiger partial charge < -0.3 is 5.32 Å². The van der Waals surface area contributed by atoms with E-state index in [0.29, 0.717) is 5.56 Å². The van der Waals surface area contributed by atoms with Gasteiger partial charge in [-0.15, -0.1) is 0 Å². The molecule has 0 aliphatic carbocycles. The molecule has 0 unspecified atom stereocenters. The van der Waals surface area contributed by atoms with Crippen molar-refractivity contribution < 1.29 is 18.1 Å². The topological polar surface area (TPSA) is 68.1 Å². The van der Waals surface area contributed by atoms with E-state index < -0.39 is 16.7 Å². The van der Waals surface area contributed by atoms with Gasteiger partial charge >= 0.3 is 11.9 Å². The van der Waals surface area contributed by atoms with Crippen molar-refractivity contribution in [1.82, 2.24) is 4.98 Å². The lowest BCUT2D eigenvalue weighted by Crippen LogP contribution is -2.07. The van der Waals surface area contributed by atoms with E-state index in [1.807, 2.05) is 0 Å². The molecule has 0 radical (unpaired) electrons. The third-order valence-corrected chi connectivity index (χ3v) is 2.72. The second kappa shape index (κ2) is 5.78. The summed E-state index contributed by atoms with van der Waals surface area (Å²) in [7, 11) is 0. The summed E-state index contributed by atoms with van der Waals surface area (Å²) in [5.41, 5.74) is -0.373. The van der Waals surface area contributed by atoms with Gasteiger partial charge in [0.05, 0.1) is 10.5 Å². The molecule has 5 nitrogen and oxygen atoms in total. The molecule has 2 aromatic rings. The number of halogens is 3. The van der Waals surface area contributed by atoms with Crippen LogP contribution in [0.5, 0.6) is 0 Å². The summed E-state index contributed by atoms with van der Waals surface area (Å²) in [6.07, 6.45) is -2.99. The van der Waals surface area contributed by atoms with Gasteiger partial charge in [-0.2, -0.15) is 13.2 Å². The van der Waals surface area contributed by atoms with E-state index in [0.717, 1.165) is 12.1 Å². The van der Waals surface area contributed by atoms with Gasteiger partial charge in [0.15, 0.2) is 0 Å². The van der Waals surface area contributed by atoms with Crippen molar-refractivity contribution in [1.29, 1.82) is 0 Å². The molecule has 0 fully saturated rings. The summed E-state index contributed by atoms with van der Waals surface area (Å²) in [6.45, 7) is 0.135. The highest BCUT2D eigenvalue weighted by Crippen LogP contribution is 2.29. The molecule has 0 spiro atoms. The highest BCUT2D eigenvalue weighted by molar-refractivity contribution is 5.55. The van der Waals surface area contributed by atoms with Crippen LogP contribution in [0.3, 0.4) is 0 Å². The van der Waals surface area contributed by atoms with Crippen molar-refractivity contribution in [2.75, 3.05) is 5.32 Å². The zero-order chi connectivity index (χ0) is 15.5. The third-order valence-electron chi connectivity index (χ3n) is 2.72. The maximum atomic E-state index is 12.4. The average Bonchev–Trinajstić information content (AvgIpc) is 2.45. The Morgan fingerprint density at radius 2 is 1.86 bits per heavy atom. The molecule has 0 aliphatic heterocycles. The predicted octanol–water partition coefficient (Wildman–Crippen LogP) is 3.62. The highest BCUT2D eigenvalue weighted by atomic mass is 19.4. The van der Waals surface area contributed by atoms with E-state index in [9.17, 15) is 23.3 Å². The fourth-order valence-corrected chi connectivity index (χ4v) is 1.68. The molecule has 2 rings (SSSR count). The minimum atomic E-state index is -4.38. The Bertz CT molecular complexity index is 642. The predicted molar refractivity (Wildman–Crippen MR) is 69.7 cm³/mol. The molecular weight excluding hydrogens is 287 g/mol. The lowest BCUT2D eigenvalue weighted by molar-refractivity contribution is -0.384. The fraction of sp³-hybridized carbons (Fsp3) is 0.154. The monoisotopic (exact) mass is 297 g/mol. The molecule has 0 bridgehead atoms. The number of anilines is 1. The first kappa shape index (κ1) is 14.8. The summed E-state index contributed by atoms with van der Waals surface area (Å²) in [6, 6.07) is 7.27. The van der Waals surface area contributed by atoms with E-state index in [1.54, 1.807) is 0 Å². The van der Waals surface area contributed by atoms with Crippen LogP contribution in [0.25, 0.3) is 0 Å². The maximum Gasteiger partial charge on any atom is 0.416 e. The first-order valence-electron chi connectivity index (χ1n) is 5.87. The SMILES string of the molecule is O=[N+]([O-])c1cccnc1NCc1ccc(C(F)(F)F)cc1. The van der Waals surface area contributed by atoms with Crippen LogP contribution in [0.15, 0.2) is 42.6 Å². The molecule has 1 N–H and O–H groups in total. The zero-order valence-electron chi connectivity index (χ0n) is 10.6. The Morgan fingerprint density at radius 3 is 2.43 bits per heavy atom. The minimum Gasteiger partial charge on any atom is -0.360 e. The van der Waals surface area contributed by atoms with E-state index in [1.165, 1.54) is 30.5 Å². The summed E-state index contributed by atoms with van der Waals surface area (Å²) in [5, 5.41) is 13.5. The van der Waals surface area contributed by atoms with Crippen molar-refractivity contribution in [3.05, 3.63) is 63.8 Å². The van der Waals surface area contributed by atoms with Gasteiger partial charge in [0.25, 0.3) is 0 Å². The molecule has 0 atom stereocenters. The quantitative estimate of drug-likeness (QED) is 0.691. The second-order valence-electron chi connectivity index (χ2n) is 4.18. The molecule has 110 valence electrons. The molecule has 0 saturated carbocycles. The normalized spacial score (nSPS) is 11.2. The van der Waals surface area contributed by atoms with E-state index in [2.05, 4.69) is 10.3 Å². The Morgan fingerprint density at radius 1 is 1.19 bits per heavy atom. The van der Waals surface area contributed by atoms with E-state index in [4.69, 9.17) is 0 Å². The summed E-state index contributed by atoms with van der Waals surface area (Å²) in [5.74, 6) is 0.0717. The number of hydrogen-bond donors (Lipinski definition) is 1. The van der Waals surface area contributed by atoms with Crippen molar-refractivity contribution >= 4 is 11.5 Å². The fourth-order valence-electron chi connectivity index (χ4n) is 1.68. The lowest BCUT2D eigenvalue weighted by Gasteiger charge is -2.09. The Balaban J connectivity index is 2.09. The van der Waals surface area contributed by atoms with Crippen LogP contribution in [-0.4, -0.2) is 9.91 Å². The maximum absolute atomic E-state index is 12.4. The van der Waals surface area contributed by atoms with Crippen molar-refractivity contribution in [2.24, 2.45) is 0 Å². The standard InChI is InChI=1S/C13H10F3N3O2/c14-13(15,16)10-5-3-9(4-6-10)8-18-12-11(19(20)21)2-1-7-17-12/h1-7H,8H2,(H,17,18). The number of pyridine rings is 1. The third kappa shape index (κ3) is 3.68. The molecule has 0 amide bonds. The van der Waals surface area contributed by atoms with Gasteiger partial charge in [0, 0.05) is 18.8 Å². The van der Waals surface area contributed by atoms with Crippen LogP contribution in [0, 0.1) is 10.1 Å². The van der Waals surface area contributed by atoms with Crippen LogP contribution in [0.1, 0.15) is 11.1 Å². The summed E-state index contributed by atoms with van der Waals surface area (Å²) >= 11 is 0. The smallest absolute Gasteiger partial charge is 0.360 e. The molecule has 0 saturated heterocycles. The van der Waals surface area contributed by atoms with Gasteiger partial charge in [-0.25, -0.2) is 4.98 Å². The molecule has 1 heterocycles. The minimum absolute atomic E-state index is 0.0717. The first-order chi connectivity index (χ1) is 9.88. The van der Waals surface area contributed by atoms with Crippen molar-refractivity contribution in [2.45, 2.75) is 12.7 Å². The van der Waals surface area contributed by atoms with E-state index in [-0.39, 0.29) is 18.1 Å². The summed E-state index contributed by atoms with van der Waals surface area (Å²) in [4.78, 5) is 14.0. The average molecular weight is 297 g/mol. The second-order valence-corrected chi connectivity index (χ2v) is 4.18. The number of nitrogens with one attached hydrogen (secondary N) is 1. The molecule has 0 aliphatic rings. The Kier molecular flexibility index (Phi) is 4.06. The number of nitrogens with zero attached hydrogens (tertiary/aromatic N) is 2. The Labute approximate surface area is 117 Å². The number of nitro groups is 1. The molecule has 21 heavy (non-hydrogen) atoms. The van der Waals surface area contributed by atoms with Gasteiger partial charge in [0.1, 0.15) is 0 Å². The van der Waals surface area contributed by atoms with Gasteiger partial charge in [0.2, 0.25) is 5.82 Å². The Hall–Kier alpha value is -2.64. The van der Waals surface area contributed by atoms with Gasteiger partial charge in [-0.1, -0.05) is 12.1 Å². The molecule has 8 heteroatoms. The number of rotatable bonds is 4. The molecule has 1 aromatic heterocycles. The number of aromatic nitrogens is 1. The molecule has 1 aromatic carbocycles. The van der Waals surface area contributed by atoms with Crippen LogP contribution < -0.4 is 5.32 Å². The highest BCUT2D eigenvalue weighted by Gasteiger charge is 2.29. The van der Waals surface area contributed by atoms with Gasteiger partial charge in [-0.05, 0) is 23.8 Å². The van der Waals surface area contributed by atoms with Gasteiger partial charge in [-0.3, -0.25) is 10.1 Å². The number of benzene rings is 1. The van der Waals surface area contributed by atoms with Crippen LogP contribution >= 0.6 is 0 Å². The van der Waals surface area contributed by atoms with E-state index >= 15 is 0 Å². The summed E-state index contributed by atoms with van der Waals surface area (Å²) < 4.78 is 37.2. The van der Waals surface area contributed by atoms with Crippen molar-refractivity contribution in [3.8, 4) is 0 Å². The lowest BCUT2D eigenvalue weighted by atomic mass is 10.1. The van der Waals surface area contributed by atoms with Crippen molar-refractivity contribution in [3.63, 3.8) is 0 Å². The van der Waals surface area contributed by atoms with Crippen LogP contribution in [-0.2, 0) is 12.7 Å². The zero-order valence-corrected chi connectivity index (χ0v) is 10.6. The number of alkyl halides is 3. The molecular formula is C13H10F3N3O2.